The van der Waals surface area contributed by atoms with Crippen molar-refractivity contribution in [3.63, 3.8) is 0 Å². The number of rotatable bonds is 5. The third-order valence-corrected chi connectivity index (χ3v) is 5.32. The Morgan fingerprint density at radius 1 is 1.43 bits per heavy atom. The van der Waals surface area contributed by atoms with Gasteiger partial charge < -0.3 is 11.1 Å². The van der Waals surface area contributed by atoms with Gasteiger partial charge in [0.25, 0.3) is 11.6 Å². The average molecular weight is 315 g/mol. The molecule has 1 aromatic carbocycles. The van der Waals surface area contributed by atoms with Crippen LogP contribution in [0.2, 0.25) is 0 Å². The molecule has 9 heteroatoms. The Morgan fingerprint density at radius 3 is 2.48 bits per heavy atom. The molecule has 1 aromatic rings. The second kappa shape index (κ2) is 5.68. The molecule has 0 fully saturated rings. The molecule has 0 bridgehead atoms. The number of benzene rings is 1. The molecule has 0 unspecified atom stereocenters. The highest BCUT2D eigenvalue weighted by atomic mass is 32.2. The number of carbonyl (C=O) groups is 1. The summed E-state index contributed by atoms with van der Waals surface area (Å²) in [5.41, 5.74) is 5.06. The van der Waals surface area contributed by atoms with Crippen LogP contribution in [0, 0.1) is 10.1 Å². The highest BCUT2D eigenvalue weighted by Gasteiger charge is 2.30. The molecule has 1 rings (SSSR count). The molecule has 0 saturated heterocycles. The van der Waals surface area contributed by atoms with Gasteiger partial charge in [0.2, 0.25) is 0 Å². The Balaban J connectivity index is 2.92. The third kappa shape index (κ3) is 3.91. The molecule has 0 radical (unpaired) electrons. The minimum absolute atomic E-state index is 0.0419. The number of nitrogens with one attached hydrogen (secondary N) is 1. The standard InChI is InChI=1S/C12H17N3O5S/c1-12(2,21(3,19)20)7-14-11(16)8-4-5-9(13)10(6-8)15(17)18/h4-6H,7,13H2,1-3H3,(H,14,16). The second-order valence-electron chi connectivity index (χ2n) is 5.25. The van der Waals surface area contributed by atoms with Crippen molar-refractivity contribution in [2.75, 3.05) is 18.5 Å². The van der Waals surface area contributed by atoms with E-state index in [-0.39, 0.29) is 23.5 Å². The van der Waals surface area contributed by atoms with Crippen LogP contribution < -0.4 is 11.1 Å². The van der Waals surface area contributed by atoms with Crippen molar-refractivity contribution >= 4 is 27.1 Å². The van der Waals surface area contributed by atoms with E-state index in [9.17, 15) is 23.3 Å². The minimum atomic E-state index is -3.35. The summed E-state index contributed by atoms with van der Waals surface area (Å²) in [7, 11) is -3.35. The maximum Gasteiger partial charge on any atom is 0.292 e. The van der Waals surface area contributed by atoms with Crippen LogP contribution in [0.15, 0.2) is 18.2 Å². The van der Waals surface area contributed by atoms with Gasteiger partial charge in [-0.1, -0.05) is 0 Å². The highest BCUT2D eigenvalue weighted by molar-refractivity contribution is 7.92. The Labute approximate surface area is 122 Å². The van der Waals surface area contributed by atoms with Gasteiger partial charge in [-0.2, -0.15) is 0 Å². The summed E-state index contributed by atoms with van der Waals surface area (Å²) in [4.78, 5) is 22.0. The molecule has 0 heterocycles. The Kier molecular flexibility index (Phi) is 4.57. The van der Waals surface area contributed by atoms with Gasteiger partial charge in [0, 0.05) is 24.4 Å². The third-order valence-electron chi connectivity index (χ3n) is 3.17. The lowest BCUT2D eigenvalue weighted by Gasteiger charge is -2.22. The SMILES string of the molecule is CC(C)(CNC(=O)c1ccc(N)c([N+](=O)[O-])c1)S(C)(=O)=O. The van der Waals surface area contributed by atoms with Crippen LogP contribution >= 0.6 is 0 Å². The number of nitrogens with two attached hydrogens (primary N) is 1. The number of hydrogen-bond acceptors (Lipinski definition) is 6. The normalized spacial score (nSPS) is 12.0. The summed E-state index contributed by atoms with van der Waals surface area (Å²) in [6.45, 7) is 2.85. The molecule has 8 nitrogen and oxygen atoms in total. The number of anilines is 1. The van der Waals surface area contributed by atoms with Crippen LogP contribution in [0.25, 0.3) is 0 Å². The van der Waals surface area contributed by atoms with Gasteiger partial charge >= 0.3 is 0 Å². The molecule has 0 aliphatic carbocycles. The number of hydrogen-bond donors (Lipinski definition) is 2. The predicted octanol–water partition coefficient (Wildman–Crippen LogP) is 0.730. The summed E-state index contributed by atoms with van der Waals surface area (Å²) >= 11 is 0. The van der Waals surface area contributed by atoms with Crippen molar-refractivity contribution in [1.29, 1.82) is 0 Å². The van der Waals surface area contributed by atoms with Crippen molar-refractivity contribution in [2.24, 2.45) is 0 Å². The van der Waals surface area contributed by atoms with E-state index in [0.717, 1.165) is 12.3 Å². The first-order valence-electron chi connectivity index (χ1n) is 5.97. The van der Waals surface area contributed by atoms with E-state index in [1.54, 1.807) is 0 Å². The molecule has 21 heavy (non-hydrogen) atoms. The maximum absolute atomic E-state index is 11.9. The molecular weight excluding hydrogens is 298 g/mol. The fourth-order valence-corrected chi connectivity index (χ4v) is 1.70. The van der Waals surface area contributed by atoms with E-state index in [2.05, 4.69) is 5.32 Å². The van der Waals surface area contributed by atoms with Gasteiger partial charge in [-0.3, -0.25) is 14.9 Å². The number of nitrogen functional groups attached to an aromatic ring is 1. The van der Waals surface area contributed by atoms with Crippen molar-refractivity contribution in [3.05, 3.63) is 33.9 Å². The molecule has 0 atom stereocenters. The van der Waals surface area contributed by atoms with Gasteiger partial charge in [0.1, 0.15) is 5.69 Å². The van der Waals surface area contributed by atoms with Gasteiger partial charge in [0.15, 0.2) is 9.84 Å². The van der Waals surface area contributed by atoms with Crippen molar-refractivity contribution in [1.82, 2.24) is 5.32 Å². The first kappa shape index (κ1) is 16.9. The molecule has 0 spiro atoms. The quantitative estimate of drug-likeness (QED) is 0.467. The van der Waals surface area contributed by atoms with Crippen molar-refractivity contribution < 1.29 is 18.1 Å². The molecule has 116 valence electrons. The van der Waals surface area contributed by atoms with E-state index in [0.29, 0.717) is 0 Å². The summed E-state index contributed by atoms with van der Waals surface area (Å²) < 4.78 is 21.9. The van der Waals surface area contributed by atoms with E-state index in [1.807, 2.05) is 0 Å². The van der Waals surface area contributed by atoms with E-state index in [1.165, 1.54) is 26.0 Å². The fraction of sp³-hybridized carbons (Fsp3) is 0.417. The number of carbonyl (C=O) groups excluding carboxylic acids is 1. The minimum Gasteiger partial charge on any atom is -0.393 e. The molecule has 0 saturated carbocycles. The molecule has 0 aliphatic heterocycles. The van der Waals surface area contributed by atoms with Crippen LogP contribution in [0.3, 0.4) is 0 Å². The van der Waals surface area contributed by atoms with Crippen LogP contribution in [-0.4, -0.2) is 36.8 Å². The fourth-order valence-electron chi connectivity index (χ4n) is 1.37. The zero-order valence-electron chi connectivity index (χ0n) is 11.9. The average Bonchev–Trinajstić information content (AvgIpc) is 2.34. The maximum atomic E-state index is 11.9. The Bertz CT molecular complexity index is 682. The summed E-state index contributed by atoms with van der Waals surface area (Å²) in [5.74, 6) is -0.602. The largest absolute Gasteiger partial charge is 0.393 e. The lowest BCUT2D eigenvalue weighted by molar-refractivity contribution is -0.383. The number of nitrogens with zero attached hydrogens (tertiary/aromatic N) is 1. The number of nitro groups is 1. The first-order valence-corrected chi connectivity index (χ1v) is 7.86. The predicted molar refractivity (Wildman–Crippen MR) is 78.8 cm³/mol. The van der Waals surface area contributed by atoms with Gasteiger partial charge in [-0.15, -0.1) is 0 Å². The molecule has 0 aromatic heterocycles. The molecule has 3 N–H and O–H groups in total. The zero-order valence-corrected chi connectivity index (χ0v) is 12.7. The van der Waals surface area contributed by atoms with Gasteiger partial charge in [-0.25, -0.2) is 8.42 Å². The monoisotopic (exact) mass is 315 g/mol. The first-order chi connectivity index (χ1) is 9.45. The smallest absolute Gasteiger partial charge is 0.292 e. The number of sulfone groups is 1. The van der Waals surface area contributed by atoms with Crippen LogP contribution in [-0.2, 0) is 9.84 Å². The van der Waals surface area contributed by atoms with Crippen molar-refractivity contribution in [3.8, 4) is 0 Å². The zero-order chi connectivity index (χ0) is 16.4. The molecule has 1 amide bonds. The topological polar surface area (TPSA) is 132 Å². The van der Waals surface area contributed by atoms with Gasteiger partial charge in [-0.05, 0) is 26.0 Å². The highest BCUT2D eigenvalue weighted by Crippen LogP contribution is 2.22. The summed E-state index contributed by atoms with van der Waals surface area (Å²) in [6.07, 6.45) is 1.08. The summed E-state index contributed by atoms with van der Waals surface area (Å²) in [6, 6.07) is 3.65. The molecular formula is C12H17N3O5S. The van der Waals surface area contributed by atoms with Gasteiger partial charge in [0.05, 0.1) is 9.67 Å². The second-order valence-corrected chi connectivity index (χ2v) is 7.89. The van der Waals surface area contributed by atoms with E-state index >= 15 is 0 Å². The summed E-state index contributed by atoms with van der Waals surface area (Å²) in [5, 5.41) is 13.2. The Morgan fingerprint density at radius 2 is 2.00 bits per heavy atom. The van der Waals surface area contributed by atoms with Crippen LogP contribution in [0.1, 0.15) is 24.2 Å². The van der Waals surface area contributed by atoms with Crippen LogP contribution in [0.5, 0.6) is 0 Å². The lowest BCUT2D eigenvalue weighted by Crippen LogP contribution is -2.43. The van der Waals surface area contributed by atoms with E-state index in [4.69, 9.17) is 5.73 Å². The lowest BCUT2D eigenvalue weighted by atomic mass is 10.1. The van der Waals surface area contributed by atoms with E-state index < -0.39 is 25.4 Å². The Hall–Kier alpha value is -2.16. The number of amides is 1. The van der Waals surface area contributed by atoms with Crippen molar-refractivity contribution in [2.45, 2.75) is 18.6 Å². The molecule has 0 aliphatic rings. The number of nitro benzene ring substituents is 1. The van der Waals surface area contributed by atoms with Crippen LogP contribution in [0.4, 0.5) is 11.4 Å².